The number of sulfonamides is 1. The van der Waals surface area contributed by atoms with Crippen molar-refractivity contribution in [1.29, 1.82) is 0 Å². The molecule has 0 aromatic heterocycles. The van der Waals surface area contributed by atoms with Crippen LogP contribution in [-0.4, -0.2) is 55.9 Å². The SMILES string of the molecule is CCOCCS(=O)(=O)N1CCCC(C(C)(C)C(=O)O)C1. The van der Waals surface area contributed by atoms with E-state index in [2.05, 4.69) is 0 Å². The summed E-state index contributed by atoms with van der Waals surface area (Å²) in [4.78, 5) is 11.3. The van der Waals surface area contributed by atoms with Gasteiger partial charge in [-0.05, 0) is 39.5 Å². The van der Waals surface area contributed by atoms with E-state index in [1.54, 1.807) is 13.8 Å². The van der Waals surface area contributed by atoms with Crippen molar-refractivity contribution in [2.75, 3.05) is 32.1 Å². The normalized spacial score (nSPS) is 21.9. The van der Waals surface area contributed by atoms with Crippen molar-refractivity contribution in [2.45, 2.75) is 33.6 Å². The molecule has 118 valence electrons. The van der Waals surface area contributed by atoms with Crippen LogP contribution < -0.4 is 0 Å². The molecule has 0 amide bonds. The van der Waals surface area contributed by atoms with Crippen LogP contribution in [0.25, 0.3) is 0 Å². The molecule has 0 aromatic rings. The van der Waals surface area contributed by atoms with Crippen molar-refractivity contribution in [2.24, 2.45) is 11.3 Å². The molecule has 1 atom stereocenters. The molecular formula is C13H25NO5S. The summed E-state index contributed by atoms with van der Waals surface area (Å²) >= 11 is 0. The highest BCUT2D eigenvalue weighted by Gasteiger charge is 2.41. The lowest BCUT2D eigenvalue weighted by molar-refractivity contribution is -0.151. The summed E-state index contributed by atoms with van der Waals surface area (Å²) in [5, 5.41) is 9.27. The summed E-state index contributed by atoms with van der Waals surface area (Å²) in [6.07, 6.45) is 1.45. The first kappa shape index (κ1) is 17.4. The minimum absolute atomic E-state index is 0.0406. The Morgan fingerprint density at radius 1 is 1.45 bits per heavy atom. The quantitative estimate of drug-likeness (QED) is 0.714. The number of carboxylic acids is 1. The van der Waals surface area contributed by atoms with Gasteiger partial charge in [-0.2, -0.15) is 0 Å². The Balaban J connectivity index is 2.71. The van der Waals surface area contributed by atoms with Gasteiger partial charge in [-0.1, -0.05) is 0 Å². The van der Waals surface area contributed by atoms with E-state index in [-0.39, 0.29) is 24.8 Å². The molecule has 1 aliphatic rings. The number of carbonyl (C=O) groups is 1. The molecule has 1 rings (SSSR count). The number of ether oxygens (including phenoxy) is 1. The van der Waals surface area contributed by atoms with Gasteiger partial charge in [-0.3, -0.25) is 4.79 Å². The second-order valence-electron chi connectivity index (χ2n) is 5.74. The third-order valence-electron chi connectivity index (χ3n) is 4.04. The molecule has 1 aliphatic heterocycles. The van der Waals surface area contributed by atoms with Gasteiger partial charge in [0.1, 0.15) is 0 Å². The Hall–Kier alpha value is -0.660. The van der Waals surface area contributed by atoms with E-state index in [0.29, 0.717) is 19.6 Å². The van der Waals surface area contributed by atoms with Crippen molar-refractivity contribution in [3.05, 3.63) is 0 Å². The van der Waals surface area contributed by atoms with E-state index in [1.807, 2.05) is 6.92 Å². The van der Waals surface area contributed by atoms with Gasteiger partial charge in [0.15, 0.2) is 0 Å². The van der Waals surface area contributed by atoms with Crippen LogP contribution >= 0.6 is 0 Å². The third kappa shape index (κ3) is 4.17. The number of nitrogens with zero attached hydrogens (tertiary/aromatic N) is 1. The molecule has 1 unspecified atom stereocenters. The topological polar surface area (TPSA) is 83.9 Å². The van der Waals surface area contributed by atoms with E-state index in [0.717, 1.165) is 6.42 Å². The average Bonchev–Trinajstić information content (AvgIpc) is 2.39. The van der Waals surface area contributed by atoms with Crippen LogP contribution in [-0.2, 0) is 19.6 Å². The van der Waals surface area contributed by atoms with Gasteiger partial charge in [0.25, 0.3) is 0 Å². The average molecular weight is 307 g/mol. The van der Waals surface area contributed by atoms with E-state index >= 15 is 0 Å². The number of hydrogen-bond acceptors (Lipinski definition) is 4. The smallest absolute Gasteiger partial charge is 0.309 e. The highest BCUT2D eigenvalue weighted by molar-refractivity contribution is 7.89. The van der Waals surface area contributed by atoms with E-state index in [4.69, 9.17) is 4.74 Å². The first-order chi connectivity index (χ1) is 9.21. The fraction of sp³-hybridized carbons (Fsp3) is 0.923. The summed E-state index contributed by atoms with van der Waals surface area (Å²) in [6.45, 7) is 6.58. The Kier molecular flexibility index (Phi) is 5.97. The number of aliphatic carboxylic acids is 1. The molecule has 0 aromatic carbocycles. The second kappa shape index (κ2) is 6.87. The van der Waals surface area contributed by atoms with Crippen LogP contribution in [0.1, 0.15) is 33.6 Å². The molecular weight excluding hydrogens is 282 g/mol. The van der Waals surface area contributed by atoms with Crippen LogP contribution in [0.2, 0.25) is 0 Å². The lowest BCUT2D eigenvalue weighted by Gasteiger charge is -2.38. The van der Waals surface area contributed by atoms with E-state index in [1.165, 1.54) is 4.31 Å². The van der Waals surface area contributed by atoms with Crippen molar-refractivity contribution < 1.29 is 23.1 Å². The summed E-state index contributed by atoms with van der Waals surface area (Å²) in [7, 11) is -3.36. The van der Waals surface area contributed by atoms with Gasteiger partial charge in [0.05, 0.1) is 17.8 Å². The first-order valence-electron chi connectivity index (χ1n) is 7.00. The molecule has 0 aliphatic carbocycles. The maximum Gasteiger partial charge on any atom is 0.309 e. The van der Waals surface area contributed by atoms with Crippen LogP contribution in [0.4, 0.5) is 0 Å². The predicted molar refractivity (Wildman–Crippen MR) is 76.0 cm³/mol. The lowest BCUT2D eigenvalue weighted by atomic mass is 9.75. The molecule has 1 heterocycles. The highest BCUT2D eigenvalue weighted by atomic mass is 32.2. The van der Waals surface area contributed by atoms with Crippen molar-refractivity contribution in [3.63, 3.8) is 0 Å². The van der Waals surface area contributed by atoms with Gasteiger partial charge in [-0.15, -0.1) is 0 Å². The van der Waals surface area contributed by atoms with Gasteiger partial charge < -0.3 is 9.84 Å². The first-order valence-corrected chi connectivity index (χ1v) is 8.61. The van der Waals surface area contributed by atoms with Gasteiger partial charge in [0.2, 0.25) is 10.0 Å². The summed E-state index contributed by atoms with van der Waals surface area (Å²) < 4.78 is 30.9. The molecule has 0 saturated carbocycles. The maximum atomic E-state index is 12.2. The zero-order valence-electron chi connectivity index (χ0n) is 12.5. The molecule has 1 saturated heterocycles. The highest BCUT2D eigenvalue weighted by Crippen LogP contribution is 2.35. The number of rotatable bonds is 7. The fourth-order valence-corrected chi connectivity index (χ4v) is 3.80. The molecule has 6 nitrogen and oxygen atoms in total. The minimum Gasteiger partial charge on any atom is -0.481 e. The van der Waals surface area contributed by atoms with Gasteiger partial charge in [0, 0.05) is 19.7 Å². The monoisotopic (exact) mass is 307 g/mol. The molecule has 7 heteroatoms. The molecule has 0 radical (unpaired) electrons. The van der Waals surface area contributed by atoms with Gasteiger partial charge in [-0.25, -0.2) is 12.7 Å². The molecule has 0 bridgehead atoms. The zero-order valence-corrected chi connectivity index (χ0v) is 13.3. The molecule has 1 N–H and O–H groups in total. The minimum atomic E-state index is -3.36. The Bertz CT molecular complexity index is 432. The van der Waals surface area contributed by atoms with Crippen molar-refractivity contribution in [3.8, 4) is 0 Å². The largest absolute Gasteiger partial charge is 0.481 e. The predicted octanol–water partition coefficient (Wildman–Crippen LogP) is 1.18. The number of piperidine rings is 1. The number of hydrogen-bond donors (Lipinski definition) is 1. The van der Waals surface area contributed by atoms with Gasteiger partial charge >= 0.3 is 5.97 Å². The zero-order chi connectivity index (χ0) is 15.4. The second-order valence-corrected chi connectivity index (χ2v) is 7.83. The Labute approximate surface area is 121 Å². The fourth-order valence-electron chi connectivity index (χ4n) is 2.40. The van der Waals surface area contributed by atoms with E-state index < -0.39 is 21.4 Å². The summed E-state index contributed by atoms with van der Waals surface area (Å²) in [5.74, 6) is -1.08. The van der Waals surface area contributed by atoms with Crippen LogP contribution in [0.15, 0.2) is 0 Å². The lowest BCUT2D eigenvalue weighted by Crippen LogP contribution is -2.47. The molecule has 20 heavy (non-hydrogen) atoms. The summed E-state index contributed by atoms with van der Waals surface area (Å²) in [6, 6.07) is 0. The Morgan fingerprint density at radius 2 is 2.10 bits per heavy atom. The molecule has 0 spiro atoms. The molecule has 1 fully saturated rings. The van der Waals surface area contributed by atoms with Crippen molar-refractivity contribution in [1.82, 2.24) is 4.31 Å². The third-order valence-corrected chi connectivity index (χ3v) is 5.84. The van der Waals surface area contributed by atoms with Crippen LogP contribution in [0.5, 0.6) is 0 Å². The van der Waals surface area contributed by atoms with Crippen LogP contribution in [0, 0.1) is 11.3 Å². The standard InChI is InChI=1S/C13H25NO5S/c1-4-19-8-9-20(17,18)14-7-5-6-11(10-14)13(2,3)12(15)16/h11H,4-10H2,1-3H3,(H,15,16). The van der Waals surface area contributed by atoms with Crippen LogP contribution in [0.3, 0.4) is 0 Å². The van der Waals surface area contributed by atoms with Crippen molar-refractivity contribution >= 4 is 16.0 Å². The van der Waals surface area contributed by atoms with E-state index in [9.17, 15) is 18.3 Å². The summed E-state index contributed by atoms with van der Waals surface area (Å²) in [5.41, 5.74) is -0.909. The number of carboxylic acid groups (broad SMARTS) is 1. The maximum absolute atomic E-state index is 12.2. The Morgan fingerprint density at radius 3 is 2.65 bits per heavy atom.